The van der Waals surface area contributed by atoms with E-state index in [9.17, 15) is 17.6 Å². The smallest absolute Gasteiger partial charge is 0.243 e. The monoisotopic (exact) mass is 429 g/mol. The predicted octanol–water partition coefficient (Wildman–Crippen LogP) is 3.52. The number of hydrogen-bond acceptors (Lipinski definition) is 5. The molecule has 0 saturated carbocycles. The molecule has 0 bridgehead atoms. The molecule has 1 fully saturated rings. The second-order valence-electron chi connectivity index (χ2n) is 7.09. The van der Waals surface area contributed by atoms with Crippen molar-refractivity contribution in [2.24, 2.45) is 5.92 Å². The summed E-state index contributed by atoms with van der Waals surface area (Å²) in [5, 5.41) is 2.86. The Morgan fingerprint density at radius 1 is 1.20 bits per heavy atom. The molecule has 2 heterocycles. The van der Waals surface area contributed by atoms with E-state index >= 15 is 0 Å². The van der Waals surface area contributed by atoms with Crippen LogP contribution < -0.4 is 5.32 Å². The Balaban J connectivity index is 1.46. The van der Waals surface area contributed by atoms with Crippen molar-refractivity contribution in [3.05, 3.63) is 66.9 Å². The summed E-state index contributed by atoms with van der Waals surface area (Å²) in [5.74, 6) is -0.649. The molecule has 30 heavy (non-hydrogen) atoms. The molecule has 7 nitrogen and oxygen atoms in total. The van der Waals surface area contributed by atoms with E-state index in [2.05, 4.69) is 10.3 Å². The van der Waals surface area contributed by atoms with E-state index < -0.39 is 21.8 Å². The number of amides is 1. The quantitative estimate of drug-likeness (QED) is 0.670. The fourth-order valence-electron chi connectivity index (χ4n) is 3.48. The normalized spacial score (nSPS) is 17.6. The number of benzene rings is 2. The zero-order chi connectivity index (χ0) is 21.1. The number of aromatic nitrogens is 1. The van der Waals surface area contributed by atoms with Crippen molar-refractivity contribution in [2.45, 2.75) is 17.7 Å². The number of carbonyl (C=O) groups excluding carboxylic acids is 1. The topological polar surface area (TPSA) is 92.5 Å². The summed E-state index contributed by atoms with van der Waals surface area (Å²) < 4.78 is 45.4. The molecule has 2 aromatic carbocycles. The van der Waals surface area contributed by atoms with E-state index in [1.165, 1.54) is 22.8 Å². The zero-order valence-electron chi connectivity index (χ0n) is 16.0. The highest BCUT2D eigenvalue weighted by Gasteiger charge is 2.33. The van der Waals surface area contributed by atoms with Crippen LogP contribution in [0.2, 0.25) is 0 Å². The van der Waals surface area contributed by atoms with Crippen LogP contribution in [0.3, 0.4) is 0 Å². The van der Waals surface area contributed by atoms with Gasteiger partial charge >= 0.3 is 0 Å². The number of piperidine rings is 1. The third kappa shape index (κ3) is 4.27. The first kappa shape index (κ1) is 20.2. The van der Waals surface area contributed by atoms with Crippen molar-refractivity contribution in [1.29, 1.82) is 0 Å². The first-order valence-electron chi connectivity index (χ1n) is 9.49. The SMILES string of the molecule is O=C(Nc1cccc(-c2cnco2)c1)[C@H]1CCCN(S(=O)(=O)c2ccc(F)cc2)C1. The molecular weight excluding hydrogens is 409 g/mol. The van der Waals surface area contributed by atoms with Crippen molar-refractivity contribution < 1.29 is 22.0 Å². The Morgan fingerprint density at radius 3 is 2.73 bits per heavy atom. The maximum absolute atomic E-state index is 13.1. The molecule has 1 aliphatic rings. The van der Waals surface area contributed by atoms with Gasteiger partial charge in [0.1, 0.15) is 5.82 Å². The van der Waals surface area contributed by atoms with Gasteiger partial charge in [0.2, 0.25) is 15.9 Å². The molecule has 0 spiro atoms. The van der Waals surface area contributed by atoms with Gasteiger partial charge in [0.05, 0.1) is 17.0 Å². The lowest BCUT2D eigenvalue weighted by Gasteiger charge is -2.31. The molecule has 1 amide bonds. The summed E-state index contributed by atoms with van der Waals surface area (Å²) in [4.78, 5) is 16.7. The Hall–Kier alpha value is -3.04. The Morgan fingerprint density at radius 2 is 2.00 bits per heavy atom. The van der Waals surface area contributed by atoms with Crippen LogP contribution in [-0.4, -0.2) is 36.7 Å². The van der Waals surface area contributed by atoms with Crippen LogP contribution in [0.4, 0.5) is 10.1 Å². The van der Waals surface area contributed by atoms with Crippen LogP contribution in [0, 0.1) is 11.7 Å². The number of halogens is 1. The van der Waals surface area contributed by atoms with E-state index in [1.54, 1.807) is 24.4 Å². The molecule has 0 aliphatic carbocycles. The lowest BCUT2D eigenvalue weighted by Crippen LogP contribution is -2.43. The van der Waals surface area contributed by atoms with Crippen LogP contribution in [0.5, 0.6) is 0 Å². The summed E-state index contributed by atoms with van der Waals surface area (Å²) in [6.45, 7) is 0.401. The predicted molar refractivity (Wildman–Crippen MR) is 108 cm³/mol. The van der Waals surface area contributed by atoms with Crippen molar-refractivity contribution in [3.8, 4) is 11.3 Å². The molecule has 1 aromatic heterocycles. The largest absolute Gasteiger partial charge is 0.444 e. The second-order valence-corrected chi connectivity index (χ2v) is 9.03. The number of anilines is 1. The van der Waals surface area contributed by atoms with E-state index in [0.717, 1.165) is 17.7 Å². The van der Waals surface area contributed by atoms with Crippen molar-refractivity contribution in [2.75, 3.05) is 18.4 Å². The van der Waals surface area contributed by atoms with E-state index in [-0.39, 0.29) is 17.3 Å². The number of nitrogens with zero attached hydrogens (tertiary/aromatic N) is 2. The summed E-state index contributed by atoms with van der Waals surface area (Å²) in [7, 11) is -3.79. The van der Waals surface area contributed by atoms with Crippen LogP contribution in [-0.2, 0) is 14.8 Å². The number of nitrogens with one attached hydrogen (secondary N) is 1. The van der Waals surface area contributed by atoms with Gasteiger partial charge < -0.3 is 9.73 Å². The second kappa shape index (κ2) is 8.37. The van der Waals surface area contributed by atoms with Gasteiger partial charge in [0.15, 0.2) is 12.2 Å². The number of rotatable bonds is 5. The van der Waals surface area contributed by atoms with Gasteiger partial charge in [0.25, 0.3) is 0 Å². The summed E-state index contributed by atoms with van der Waals surface area (Å²) in [5.41, 5.74) is 1.36. The van der Waals surface area contributed by atoms with E-state index in [4.69, 9.17) is 4.42 Å². The molecule has 9 heteroatoms. The third-order valence-corrected chi connectivity index (χ3v) is 6.93. The Bertz CT molecular complexity index is 1130. The minimum atomic E-state index is -3.79. The molecule has 4 rings (SSSR count). The van der Waals surface area contributed by atoms with Gasteiger partial charge in [-0.25, -0.2) is 17.8 Å². The number of sulfonamides is 1. The van der Waals surface area contributed by atoms with Gasteiger partial charge in [-0.3, -0.25) is 4.79 Å². The first-order chi connectivity index (χ1) is 14.4. The number of hydrogen-bond donors (Lipinski definition) is 1. The molecule has 1 saturated heterocycles. The average Bonchev–Trinajstić information content (AvgIpc) is 3.29. The highest BCUT2D eigenvalue weighted by molar-refractivity contribution is 7.89. The molecule has 0 unspecified atom stereocenters. The van der Waals surface area contributed by atoms with Crippen LogP contribution in [0.1, 0.15) is 12.8 Å². The molecular formula is C21H20FN3O4S. The summed E-state index contributed by atoms with van der Waals surface area (Å²) >= 11 is 0. The van der Waals surface area contributed by atoms with E-state index in [0.29, 0.717) is 30.8 Å². The lowest BCUT2D eigenvalue weighted by atomic mass is 9.98. The van der Waals surface area contributed by atoms with Gasteiger partial charge in [-0.05, 0) is 49.2 Å². The molecule has 156 valence electrons. The van der Waals surface area contributed by atoms with Crippen molar-refractivity contribution in [1.82, 2.24) is 9.29 Å². The van der Waals surface area contributed by atoms with Crippen LogP contribution in [0.25, 0.3) is 11.3 Å². The highest BCUT2D eigenvalue weighted by Crippen LogP contribution is 2.26. The maximum Gasteiger partial charge on any atom is 0.243 e. The van der Waals surface area contributed by atoms with Gasteiger partial charge in [-0.15, -0.1) is 0 Å². The maximum atomic E-state index is 13.1. The minimum Gasteiger partial charge on any atom is -0.444 e. The fourth-order valence-corrected chi connectivity index (χ4v) is 5.01. The van der Waals surface area contributed by atoms with Gasteiger partial charge in [-0.2, -0.15) is 4.31 Å². The zero-order valence-corrected chi connectivity index (χ0v) is 16.8. The molecule has 1 atom stereocenters. The van der Waals surface area contributed by atoms with Gasteiger partial charge in [-0.1, -0.05) is 12.1 Å². The van der Waals surface area contributed by atoms with Crippen LogP contribution >= 0.6 is 0 Å². The molecule has 0 radical (unpaired) electrons. The van der Waals surface area contributed by atoms with Crippen LogP contribution in [0.15, 0.2) is 70.4 Å². The minimum absolute atomic E-state index is 0.0183. The standard InChI is InChI=1S/C21H20FN3O4S/c22-17-6-8-19(9-7-17)30(27,28)25-10-2-4-16(13-25)21(26)24-18-5-1-3-15(11-18)20-12-23-14-29-20/h1,3,5-9,11-12,14,16H,2,4,10,13H2,(H,24,26)/t16-/m0/s1. The van der Waals surface area contributed by atoms with Gasteiger partial charge in [0, 0.05) is 24.3 Å². The van der Waals surface area contributed by atoms with E-state index in [1.807, 2.05) is 6.07 Å². The Labute approximate surface area is 173 Å². The first-order valence-corrected chi connectivity index (χ1v) is 10.9. The summed E-state index contributed by atoms with van der Waals surface area (Å²) in [6.07, 6.45) is 4.07. The molecule has 3 aromatic rings. The molecule has 1 aliphatic heterocycles. The van der Waals surface area contributed by atoms with Crippen molar-refractivity contribution in [3.63, 3.8) is 0 Å². The lowest BCUT2D eigenvalue weighted by molar-refractivity contribution is -0.120. The summed E-state index contributed by atoms with van der Waals surface area (Å²) in [6, 6.07) is 11.9. The molecule has 1 N–H and O–H groups in total. The number of carbonyl (C=O) groups is 1. The van der Waals surface area contributed by atoms with Crippen molar-refractivity contribution >= 4 is 21.6 Å². The fraction of sp³-hybridized carbons (Fsp3) is 0.238. The Kier molecular flexibility index (Phi) is 5.65. The number of oxazole rings is 1. The average molecular weight is 429 g/mol. The third-order valence-electron chi connectivity index (χ3n) is 5.05. The highest BCUT2D eigenvalue weighted by atomic mass is 32.2.